The van der Waals surface area contributed by atoms with Crippen molar-refractivity contribution >= 4 is 22.9 Å². The lowest BCUT2D eigenvalue weighted by molar-refractivity contribution is -0.147. The van der Waals surface area contributed by atoms with Crippen molar-refractivity contribution in [2.45, 2.75) is 52.6 Å². The van der Waals surface area contributed by atoms with E-state index in [1.54, 1.807) is 24.8 Å². The standard InChI is InChI=1S/C25H25F4N3O3/c1-25(2,24(34)35)8-3-6-20(33)31-10-7-14-15-5-4-9-30-23(15)32(19(14)13-31)12-16-17(26)11-18(27)22(29)21(16)28/h4-5,9,11H,3,6-8,10,12-13H2,1-2H3,(H,34,35). The molecule has 0 saturated heterocycles. The summed E-state index contributed by atoms with van der Waals surface area (Å²) < 4.78 is 57.7. The van der Waals surface area contributed by atoms with Crippen LogP contribution < -0.4 is 0 Å². The first-order chi connectivity index (χ1) is 16.5. The maximum absolute atomic E-state index is 14.4. The number of benzene rings is 1. The normalized spacial score (nSPS) is 13.8. The van der Waals surface area contributed by atoms with Gasteiger partial charge in [0.25, 0.3) is 0 Å². The van der Waals surface area contributed by atoms with Crippen LogP contribution in [0.1, 0.15) is 49.9 Å². The molecule has 0 fully saturated rings. The van der Waals surface area contributed by atoms with Crippen molar-refractivity contribution in [2.24, 2.45) is 5.41 Å². The van der Waals surface area contributed by atoms with Crippen LogP contribution in [-0.2, 0) is 29.1 Å². The molecule has 1 N–H and O–H groups in total. The summed E-state index contributed by atoms with van der Waals surface area (Å²) in [5.74, 6) is -7.26. The number of amides is 1. The van der Waals surface area contributed by atoms with E-state index in [1.165, 1.54) is 10.8 Å². The molecule has 3 heterocycles. The Morgan fingerprint density at radius 2 is 1.89 bits per heavy atom. The maximum Gasteiger partial charge on any atom is 0.309 e. The largest absolute Gasteiger partial charge is 0.481 e. The van der Waals surface area contributed by atoms with Gasteiger partial charge in [-0.05, 0) is 50.8 Å². The monoisotopic (exact) mass is 491 g/mol. The van der Waals surface area contributed by atoms with E-state index >= 15 is 0 Å². The molecule has 0 spiro atoms. The van der Waals surface area contributed by atoms with Gasteiger partial charge in [-0.1, -0.05) is 0 Å². The number of pyridine rings is 1. The number of aliphatic carboxylic acids is 1. The predicted molar refractivity (Wildman–Crippen MR) is 119 cm³/mol. The fraction of sp³-hybridized carbons (Fsp3) is 0.400. The quantitative estimate of drug-likeness (QED) is 0.293. The minimum atomic E-state index is -1.75. The third-order valence-electron chi connectivity index (χ3n) is 6.66. The number of carboxylic acid groups (broad SMARTS) is 1. The predicted octanol–water partition coefficient (Wildman–Crippen LogP) is 4.81. The first kappa shape index (κ1) is 24.7. The summed E-state index contributed by atoms with van der Waals surface area (Å²) in [6, 6.07) is 3.86. The van der Waals surface area contributed by atoms with E-state index in [2.05, 4.69) is 4.98 Å². The van der Waals surface area contributed by atoms with Gasteiger partial charge < -0.3 is 14.6 Å². The minimum absolute atomic E-state index is 0.153. The molecule has 1 aliphatic rings. The summed E-state index contributed by atoms with van der Waals surface area (Å²) in [7, 11) is 0. The minimum Gasteiger partial charge on any atom is -0.481 e. The van der Waals surface area contributed by atoms with Crippen molar-refractivity contribution < 1.29 is 32.3 Å². The van der Waals surface area contributed by atoms with Crippen molar-refractivity contribution in [3.8, 4) is 0 Å². The average molecular weight is 491 g/mol. The Bertz CT molecular complexity index is 1320. The van der Waals surface area contributed by atoms with Crippen LogP contribution >= 0.6 is 0 Å². The van der Waals surface area contributed by atoms with Crippen LogP contribution in [0, 0.1) is 28.7 Å². The summed E-state index contributed by atoms with van der Waals surface area (Å²) in [6.45, 7) is 3.37. The molecule has 1 amide bonds. The molecule has 0 radical (unpaired) electrons. The molecule has 35 heavy (non-hydrogen) atoms. The number of fused-ring (bicyclic) bond motifs is 3. The molecule has 4 rings (SSSR count). The Morgan fingerprint density at radius 1 is 1.14 bits per heavy atom. The number of hydrogen-bond acceptors (Lipinski definition) is 3. The van der Waals surface area contributed by atoms with Crippen LogP contribution in [0.3, 0.4) is 0 Å². The maximum atomic E-state index is 14.4. The molecule has 1 aromatic carbocycles. The van der Waals surface area contributed by atoms with E-state index in [-0.39, 0.29) is 18.9 Å². The highest BCUT2D eigenvalue weighted by Gasteiger charge is 2.30. The van der Waals surface area contributed by atoms with E-state index in [4.69, 9.17) is 0 Å². The molecule has 10 heteroatoms. The average Bonchev–Trinajstić information content (AvgIpc) is 3.13. The number of nitrogens with zero attached hydrogens (tertiary/aromatic N) is 3. The second kappa shape index (κ2) is 9.31. The Kier molecular flexibility index (Phi) is 6.57. The zero-order chi connectivity index (χ0) is 25.5. The Hall–Kier alpha value is -3.43. The van der Waals surface area contributed by atoms with Crippen molar-refractivity contribution in [1.29, 1.82) is 0 Å². The van der Waals surface area contributed by atoms with Crippen molar-refractivity contribution in [3.05, 3.63) is 64.5 Å². The summed E-state index contributed by atoms with van der Waals surface area (Å²) in [5.41, 5.74) is 0.360. The molecule has 0 unspecified atom stereocenters. The Balaban J connectivity index is 1.62. The smallest absolute Gasteiger partial charge is 0.309 e. The van der Waals surface area contributed by atoms with Gasteiger partial charge in [0, 0.05) is 41.9 Å². The first-order valence-electron chi connectivity index (χ1n) is 11.3. The molecule has 3 aromatic rings. The van der Waals surface area contributed by atoms with Gasteiger partial charge in [-0.15, -0.1) is 0 Å². The number of carboxylic acids is 1. The number of hydrogen-bond donors (Lipinski definition) is 1. The highest BCUT2D eigenvalue weighted by atomic mass is 19.2. The SMILES string of the molecule is CC(C)(CCCC(=O)N1CCc2c(n(Cc3c(F)cc(F)c(F)c3F)c3ncccc23)C1)C(=O)O. The van der Waals surface area contributed by atoms with E-state index in [1.807, 2.05) is 6.07 Å². The molecule has 0 saturated carbocycles. The lowest BCUT2D eigenvalue weighted by atomic mass is 9.87. The van der Waals surface area contributed by atoms with Crippen LogP contribution in [-0.4, -0.2) is 38.0 Å². The van der Waals surface area contributed by atoms with Crippen LogP contribution in [0.2, 0.25) is 0 Å². The molecule has 6 nitrogen and oxygen atoms in total. The van der Waals surface area contributed by atoms with Gasteiger partial charge in [-0.25, -0.2) is 22.5 Å². The van der Waals surface area contributed by atoms with E-state index < -0.39 is 46.8 Å². The van der Waals surface area contributed by atoms with Gasteiger partial charge in [0.15, 0.2) is 17.5 Å². The van der Waals surface area contributed by atoms with E-state index in [0.717, 1.165) is 10.9 Å². The number of rotatable bonds is 7. The highest BCUT2D eigenvalue weighted by Crippen LogP contribution is 2.32. The van der Waals surface area contributed by atoms with Crippen LogP contribution in [0.4, 0.5) is 17.6 Å². The zero-order valence-electron chi connectivity index (χ0n) is 19.4. The topological polar surface area (TPSA) is 75.4 Å². The van der Waals surface area contributed by atoms with Crippen molar-refractivity contribution in [1.82, 2.24) is 14.5 Å². The molecule has 186 valence electrons. The first-order valence-corrected chi connectivity index (χ1v) is 11.3. The van der Waals surface area contributed by atoms with Crippen molar-refractivity contribution in [3.63, 3.8) is 0 Å². The van der Waals surface area contributed by atoms with Gasteiger partial charge in [0.1, 0.15) is 11.5 Å². The molecule has 2 aromatic heterocycles. The Labute approximate surface area is 199 Å². The van der Waals surface area contributed by atoms with Gasteiger partial charge in [-0.3, -0.25) is 9.59 Å². The van der Waals surface area contributed by atoms with Crippen LogP contribution in [0.25, 0.3) is 11.0 Å². The molecule has 1 aliphatic heterocycles. The zero-order valence-corrected chi connectivity index (χ0v) is 19.4. The fourth-order valence-corrected chi connectivity index (χ4v) is 4.50. The summed E-state index contributed by atoms with van der Waals surface area (Å²) >= 11 is 0. The second-order valence-electron chi connectivity index (χ2n) is 9.44. The second-order valence-corrected chi connectivity index (χ2v) is 9.44. The summed E-state index contributed by atoms with van der Waals surface area (Å²) in [6.07, 6.45) is 2.91. The number of halogens is 4. The van der Waals surface area contributed by atoms with Gasteiger partial charge in [-0.2, -0.15) is 0 Å². The van der Waals surface area contributed by atoms with Gasteiger partial charge >= 0.3 is 5.97 Å². The lowest BCUT2D eigenvalue weighted by Crippen LogP contribution is -2.37. The van der Waals surface area contributed by atoms with Gasteiger partial charge in [0.05, 0.1) is 18.5 Å². The highest BCUT2D eigenvalue weighted by molar-refractivity contribution is 5.84. The molecule has 0 atom stereocenters. The summed E-state index contributed by atoms with van der Waals surface area (Å²) in [4.78, 5) is 30.1. The number of carbonyl (C=O) groups is 2. The third-order valence-corrected chi connectivity index (χ3v) is 6.66. The number of aromatic nitrogens is 2. The molecular weight excluding hydrogens is 466 g/mol. The molecular formula is C25H25F4N3O3. The van der Waals surface area contributed by atoms with Crippen LogP contribution in [0.5, 0.6) is 0 Å². The Morgan fingerprint density at radius 3 is 2.60 bits per heavy atom. The molecule has 0 bridgehead atoms. The van der Waals surface area contributed by atoms with Crippen molar-refractivity contribution in [2.75, 3.05) is 6.54 Å². The number of carbonyl (C=O) groups excluding carboxylic acids is 1. The van der Waals surface area contributed by atoms with Crippen LogP contribution in [0.15, 0.2) is 24.4 Å². The van der Waals surface area contributed by atoms with E-state index in [9.17, 15) is 32.3 Å². The van der Waals surface area contributed by atoms with E-state index in [0.29, 0.717) is 43.2 Å². The third kappa shape index (κ3) is 4.61. The lowest BCUT2D eigenvalue weighted by Gasteiger charge is -2.29. The molecule has 0 aliphatic carbocycles. The fourth-order valence-electron chi connectivity index (χ4n) is 4.50. The summed E-state index contributed by atoms with van der Waals surface area (Å²) in [5, 5.41) is 10.0. The van der Waals surface area contributed by atoms with Gasteiger partial charge in [0.2, 0.25) is 5.91 Å².